The fraction of sp³-hybridized carbons (Fsp3) is 0.400. The molecular weight excluding hydrogens is 178 g/mol. The number of hydrogen-bond acceptors (Lipinski definition) is 1. The Bertz CT molecular complexity index is 333. The Labute approximate surface area is 85.1 Å². The van der Waals surface area contributed by atoms with Gasteiger partial charge in [0.15, 0.2) is 0 Å². The van der Waals surface area contributed by atoms with Crippen LogP contribution in [0.5, 0.6) is 0 Å². The summed E-state index contributed by atoms with van der Waals surface area (Å²) in [4.78, 5) is 14.3. The molecule has 0 aliphatic rings. The second-order valence-corrected chi connectivity index (χ2v) is 3.14. The van der Waals surface area contributed by atoms with Gasteiger partial charge in [-0.05, 0) is 6.92 Å². The van der Waals surface area contributed by atoms with E-state index in [9.17, 15) is 4.79 Å². The maximum absolute atomic E-state index is 11.3. The second kappa shape index (κ2) is 5.21. The number of carbonyl (C=O) groups is 1. The van der Waals surface area contributed by atoms with Gasteiger partial charge in [-0.15, -0.1) is 0 Å². The number of carbonyl (C=O) groups excluding carboxylic acids is 1. The number of amides is 1. The fourth-order valence-electron chi connectivity index (χ4n) is 1.13. The van der Waals surface area contributed by atoms with Crippen LogP contribution in [0.1, 0.15) is 14.0 Å². The van der Waals surface area contributed by atoms with Gasteiger partial charge in [-0.1, -0.05) is 12.2 Å². The van der Waals surface area contributed by atoms with Gasteiger partial charge in [-0.2, -0.15) is 0 Å². The third-order valence-corrected chi connectivity index (χ3v) is 1.82. The zero-order valence-electron chi connectivity index (χ0n) is 8.58. The lowest BCUT2D eigenvalue weighted by atomic mass is 10.3. The summed E-state index contributed by atoms with van der Waals surface area (Å²) >= 11 is 0. The summed E-state index contributed by atoms with van der Waals surface area (Å²) in [7, 11) is 1.91. The molecule has 1 amide bonds. The van der Waals surface area contributed by atoms with Gasteiger partial charge in [-0.3, -0.25) is 4.79 Å². The van der Waals surface area contributed by atoms with Crippen molar-refractivity contribution < 1.29 is 10.8 Å². The van der Waals surface area contributed by atoms with E-state index in [2.05, 4.69) is 10.3 Å². The first-order valence-corrected chi connectivity index (χ1v) is 4.62. The van der Waals surface area contributed by atoms with Crippen LogP contribution in [0.4, 0.5) is 0 Å². The van der Waals surface area contributed by atoms with Gasteiger partial charge in [-0.25, -0.2) is 9.55 Å². The summed E-state index contributed by atoms with van der Waals surface area (Å²) in [5.74, 6) is 0.0329. The van der Waals surface area contributed by atoms with Crippen LogP contribution >= 0.6 is 0 Å². The van der Waals surface area contributed by atoms with Gasteiger partial charge in [0.2, 0.25) is 12.2 Å². The molecule has 0 fully saturated rings. The molecule has 0 atom stereocenters. The van der Waals surface area contributed by atoms with Gasteiger partial charge in [0, 0.05) is 7.97 Å². The molecule has 0 aliphatic carbocycles. The molecule has 0 aliphatic heterocycles. The number of nitrogens with one attached hydrogen (secondary N) is 2. The minimum atomic E-state index is 0. The molecule has 1 aromatic heterocycles. The minimum Gasteiger partial charge on any atom is -0.352 e. The predicted molar refractivity (Wildman–Crippen MR) is 55.6 cm³/mol. The van der Waals surface area contributed by atoms with Crippen molar-refractivity contribution in [3.8, 4) is 0 Å². The van der Waals surface area contributed by atoms with E-state index in [-0.39, 0.29) is 7.33 Å². The van der Waals surface area contributed by atoms with Crippen molar-refractivity contribution in [2.24, 2.45) is 7.05 Å². The SMILES string of the molecule is C/C=C/CNC(=O)Cc1c[n+](C)c[nH]1.[HH]. The molecule has 14 heavy (non-hydrogen) atoms. The Hall–Kier alpha value is -1.58. The van der Waals surface area contributed by atoms with Gasteiger partial charge >= 0.3 is 0 Å². The molecule has 1 rings (SSSR count). The molecule has 0 saturated carbocycles. The summed E-state index contributed by atoms with van der Waals surface area (Å²) in [6.07, 6.45) is 7.93. The van der Waals surface area contributed by atoms with E-state index >= 15 is 0 Å². The Morgan fingerprint density at radius 3 is 3.14 bits per heavy atom. The number of hydrogen-bond donors (Lipinski definition) is 2. The lowest BCUT2D eigenvalue weighted by Gasteiger charge is -1.97. The molecular formula is C10H18N3O+. The van der Waals surface area contributed by atoms with E-state index in [0.717, 1.165) is 5.69 Å². The summed E-state index contributed by atoms with van der Waals surface area (Å²) in [5.41, 5.74) is 0.922. The maximum Gasteiger partial charge on any atom is 0.241 e. The monoisotopic (exact) mass is 196 g/mol. The molecule has 1 aromatic rings. The molecule has 0 aromatic carbocycles. The molecule has 2 N–H and O–H groups in total. The van der Waals surface area contributed by atoms with Crippen LogP contribution in [0, 0.1) is 0 Å². The molecule has 0 radical (unpaired) electrons. The van der Waals surface area contributed by atoms with Crippen LogP contribution in [-0.4, -0.2) is 17.4 Å². The number of aryl methyl sites for hydroxylation is 1. The fourth-order valence-corrected chi connectivity index (χ4v) is 1.13. The van der Waals surface area contributed by atoms with E-state index < -0.39 is 0 Å². The predicted octanol–water partition coefficient (Wildman–Crippen LogP) is 0.320. The first kappa shape index (κ1) is 10.5. The van der Waals surface area contributed by atoms with Crippen molar-refractivity contribution in [3.63, 3.8) is 0 Å². The maximum atomic E-state index is 11.3. The highest BCUT2D eigenvalue weighted by atomic mass is 16.1. The first-order valence-electron chi connectivity index (χ1n) is 4.62. The van der Waals surface area contributed by atoms with Crippen LogP contribution in [0.25, 0.3) is 0 Å². The smallest absolute Gasteiger partial charge is 0.241 e. The van der Waals surface area contributed by atoms with E-state index in [0.29, 0.717) is 13.0 Å². The highest BCUT2D eigenvalue weighted by molar-refractivity contribution is 5.78. The topological polar surface area (TPSA) is 48.8 Å². The number of imidazole rings is 1. The Kier molecular flexibility index (Phi) is 3.91. The number of allylic oxidation sites excluding steroid dienone is 1. The lowest BCUT2D eigenvalue weighted by Crippen LogP contribution is -2.26. The average molecular weight is 196 g/mol. The number of rotatable bonds is 4. The molecule has 4 nitrogen and oxygen atoms in total. The molecule has 0 unspecified atom stereocenters. The second-order valence-electron chi connectivity index (χ2n) is 3.14. The quantitative estimate of drug-likeness (QED) is 0.529. The van der Waals surface area contributed by atoms with Gasteiger partial charge in [0.25, 0.3) is 0 Å². The molecule has 0 spiro atoms. The Balaban J connectivity index is 0.00000196. The van der Waals surface area contributed by atoms with E-state index in [4.69, 9.17) is 0 Å². The molecule has 78 valence electrons. The average Bonchev–Trinajstić information content (AvgIpc) is 2.52. The number of aromatic amines is 1. The van der Waals surface area contributed by atoms with Crippen molar-refractivity contribution in [1.29, 1.82) is 0 Å². The standard InChI is InChI=1S/C10H15N3O.H2/c1-3-4-5-11-10(14)6-9-7-13(2)8-12-9;/h3-4,7-8H,5-6H2,1-2H3,(H,11,14);1H/p+1/b4-3+;. The van der Waals surface area contributed by atoms with E-state index in [1.54, 1.807) is 0 Å². The molecule has 4 heteroatoms. The van der Waals surface area contributed by atoms with Crippen molar-refractivity contribution in [1.82, 2.24) is 10.3 Å². The van der Waals surface area contributed by atoms with Crippen molar-refractivity contribution >= 4 is 5.91 Å². The van der Waals surface area contributed by atoms with Crippen molar-refractivity contribution in [2.75, 3.05) is 6.54 Å². The number of aromatic nitrogens is 2. The summed E-state index contributed by atoms with van der Waals surface area (Å²) in [5, 5.41) is 2.79. The van der Waals surface area contributed by atoms with Crippen LogP contribution in [0.3, 0.4) is 0 Å². The third kappa shape index (κ3) is 3.43. The summed E-state index contributed by atoms with van der Waals surface area (Å²) < 4.78 is 1.88. The lowest BCUT2D eigenvalue weighted by molar-refractivity contribution is -0.670. The van der Waals surface area contributed by atoms with Crippen LogP contribution in [0.2, 0.25) is 0 Å². The molecule has 0 saturated heterocycles. The van der Waals surface area contributed by atoms with Gasteiger partial charge in [0.05, 0.1) is 13.5 Å². The largest absolute Gasteiger partial charge is 0.352 e. The van der Waals surface area contributed by atoms with Crippen LogP contribution in [0.15, 0.2) is 24.7 Å². The first-order chi connectivity index (χ1) is 6.72. The number of nitrogens with zero attached hydrogens (tertiary/aromatic N) is 1. The number of H-pyrrole nitrogens is 1. The van der Waals surface area contributed by atoms with Crippen LogP contribution in [-0.2, 0) is 18.3 Å². The Morgan fingerprint density at radius 1 is 1.79 bits per heavy atom. The van der Waals surface area contributed by atoms with Crippen molar-refractivity contribution in [3.05, 3.63) is 30.4 Å². The van der Waals surface area contributed by atoms with E-state index in [1.165, 1.54) is 0 Å². The normalized spacial score (nSPS) is 10.7. The highest BCUT2D eigenvalue weighted by Crippen LogP contribution is 1.90. The molecule has 0 bridgehead atoms. The summed E-state index contributed by atoms with van der Waals surface area (Å²) in [6, 6.07) is 0. The van der Waals surface area contributed by atoms with Crippen molar-refractivity contribution in [2.45, 2.75) is 13.3 Å². The Morgan fingerprint density at radius 2 is 2.57 bits per heavy atom. The third-order valence-electron chi connectivity index (χ3n) is 1.82. The van der Waals surface area contributed by atoms with Gasteiger partial charge in [0.1, 0.15) is 11.9 Å². The zero-order chi connectivity index (χ0) is 10.4. The van der Waals surface area contributed by atoms with E-state index in [1.807, 2.05) is 43.2 Å². The minimum absolute atomic E-state index is 0. The van der Waals surface area contributed by atoms with Crippen LogP contribution < -0.4 is 9.88 Å². The highest BCUT2D eigenvalue weighted by Gasteiger charge is 2.07. The summed E-state index contributed by atoms with van der Waals surface area (Å²) in [6.45, 7) is 2.53. The van der Waals surface area contributed by atoms with Gasteiger partial charge < -0.3 is 5.32 Å². The zero-order valence-corrected chi connectivity index (χ0v) is 8.58. The molecule has 1 heterocycles.